The summed E-state index contributed by atoms with van der Waals surface area (Å²) in [6.45, 7) is 3.87. The van der Waals surface area contributed by atoms with Crippen molar-refractivity contribution in [3.63, 3.8) is 0 Å². The Bertz CT molecular complexity index is 1020. The van der Waals surface area contributed by atoms with Crippen molar-refractivity contribution in [1.29, 1.82) is 0 Å². The molecule has 0 saturated heterocycles. The molecule has 2 N–H and O–H groups in total. The second kappa shape index (κ2) is 6.68. The lowest BCUT2D eigenvalue weighted by Crippen LogP contribution is -2.25. The van der Waals surface area contributed by atoms with E-state index < -0.39 is 0 Å². The molecule has 2 heterocycles. The van der Waals surface area contributed by atoms with Crippen LogP contribution in [0.3, 0.4) is 0 Å². The normalized spacial score (nSPS) is 12.8. The van der Waals surface area contributed by atoms with E-state index in [0.29, 0.717) is 41.3 Å². The molecule has 26 heavy (non-hydrogen) atoms. The number of rotatable bonds is 5. The van der Waals surface area contributed by atoms with E-state index in [9.17, 15) is 9.90 Å². The Balaban J connectivity index is 1.58. The van der Waals surface area contributed by atoms with E-state index in [2.05, 4.69) is 14.9 Å². The maximum atomic E-state index is 12.2. The van der Waals surface area contributed by atoms with Gasteiger partial charge in [0.15, 0.2) is 11.5 Å². The molecule has 0 fully saturated rings. The summed E-state index contributed by atoms with van der Waals surface area (Å²) in [5.74, 6) is 1.93. The Kier molecular flexibility index (Phi) is 4.22. The lowest BCUT2D eigenvalue weighted by atomic mass is 10.1. The van der Waals surface area contributed by atoms with Crippen LogP contribution in [0.5, 0.6) is 17.2 Å². The summed E-state index contributed by atoms with van der Waals surface area (Å²) < 4.78 is 10.6. The highest BCUT2D eigenvalue weighted by atomic mass is 16.7. The van der Waals surface area contributed by atoms with E-state index in [1.165, 1.54) is 0 Å². The Morgan fingerprint density at radius 2 is 1.96 bits per heavy atom. The number of nitrogens with one attached hydrogen (secondary N) is 1. The molecule has 0 aliphatic carbocycles. The van der Waals surface area contributed by atoms with Crippen molar-refractivity contribution in [2.45, 2.75) is 20.0 Å². The summed E-state index contributed by atoms with van der Waals surface area (Å²) >= 11 is 0. The summed E-state index contributed by atoms with van der Waals surface area (Å²) in [5.41, 5.74) is 1.26. The lowest BCUT2D eigenvalue weighted by Gasteiger charge is -2.20. The molecule has 4 rings (SSSR count). The monoisotopic (exact) mass is 353 g/mol. The zero-order valence-corrected chi connectivity index (χ0v) is 14.4. The molecule has 0 spiro atoms. The Morgan fingerprint density at radius 1 is 1.19 bits per heavy atom. The molecule has 7 heteroatoms. The van der Waals surface area contributed by atoms with E-state index in [0.717, 1.165) is 12.1 Å². The predicted molar refractivity (Wildman–Crippen MR) is 96.4 cm³/mol. The predicted octanol–water partition coefficient (Wildman–Crippen LogP) is 2.38. The van der Waals surface area contributed by atoms with Gasteiger partial charge < -0.3 is 19.6 Å². The maximum absolute atomic E-state index is 12.2. The third-order valence-electron chi connectivity index (χ3n) is 4.45. The zero-order chi connectivity index (χ0) is 18.1. The van der Waals surface area contributed by atoms with Crippen LogP contribution in [0.4, 0.5) is 0 Å². The van der Waals surface area contributed by atoms with Gasteiger partial charge in [0.05, 0.1) is 17.4 Å². The smallest absolute Gasteiger partial charge is 0.258 e. The highest BCUT2D eigenvalue weighted by Gasteiger charge is 2.18. The van der Waals surface area contributed by atoms with Crippen molar-refractivity contribution in [3.8, 4) is 17.2 Å². The quantitative estimate of drug-likeness (QED) is 0.732. The van der Waals surface area contributed by atoms with Gasteiger partial charge in [-0.05, 0) is 24.7 Å². The fraction of sp³-hybridized carbons (Fsp3) is 0.263. The number of hydrogen-bond acceptors (Lipinski definition) is 6. The fourth-order valence-corrected chi connectivity index (χ4v) is 3.04. The van der Waals surface area contributed by atoms with E-state index in [1.54, 1.807) is 18.2 Å². The third kappa shape index (κ3) is 3.09. The molecule has 0 saturated carbocycles. The number of para-hydroxylation sites is 1. The second-order valence-corrected chi connectivity index (χ2v) is 6.17. The van der Waals surface area contributed by atoms with Crippen LogP contribution in [-0.2, 0) is 13.1 Å². The molecule has 1 aliphatic heterocycles. The van der Waals surface area contributed by atoms with Crippen molar-refractivity contribution in [1.82, 2.24) is 14.9 Å². The molecular formula is C19H19N3O4. The Morgan fingerprint density at radius 3 is 2.77 bits per heavy atom. The molecule has 0 atom stereocenters. The van der Waals surface area contributed by atoms with Gasteiger partial charge in [0, 0.05) is 18.2 Å². The lowest BCUT2D eigenvalue weighted by molar-refractivity contribution is 0.174. The van der Waals surface area contributed by atoms with Crippen LogP contribution in [0.1, 0.15) is 18.3 Å². The van der Waals surface area contributed by atoms with Crippen molar-refractivity contribution in [3.05, 3.63) is 58.1 Å². The number of benzene rings is 2. The molecule has 1 aromatic heterocycles. The van der Waals surface area contributed by atoms with Crippen molar-refractivity contribution in [2.75, 3.05) is 13.3 Å². The van der Waals surface area contributed by atoms with Crippen molar-refractivity contribution in [2.24, 2.45) is 0 Å². The minimum absolute atomic E-state index is 0.146. The van der Waals surface area contributed by atoms with Gasteiger partial charge >= 0.3 is 0 Å². The molecule has 3 aromatic rings. The van der Waals surface area contributed by atoms with Gasteiger partial charge in [-0.1, -0.05) is 19.1 Å². The van der Waals surface area contributed by atoms with Crippen LogP contribution in [0.15, 0.2) is 41.2 Å². The van der Waals surface area contributed by atoms with Gasteiger partial charge in [0.2, 0.25) is 6.79 Å². The summed E-state index contributed by atoms with van der Waals surface area (Å²) in [7, 11) is 0. The number of aromatic nitrogens is 2. The summed E-state index contributed by atoms with van der Waals surface area (Å²) in [6, 6.07) is 10.6. The first-order valence-corrected chi connectivity index (χ1v) is 8.46. The number of hydrogen-bond donors (Lipinski definition) is 2. The largest absolute Gasteiger partial charge is 0.507 e. The van der Waals surface area contributed by atoms with Gasteiger partial charge in [-0.15, -0.1) is 0 Å². The summed E-state index contributed by atoms with van der Waals surface area (Å²) in [5, 5.41) is 10.8. The van der Waals surface area contributed by atoms with Gasteiger partial charge in [-0.3, -0.25) is 9.69 Å². The molecule has 0 radical (unpaired) electrons. The highest BCUT2D eigenvalue weighted by Crippen LogP contribution is 2.38. The number of ether oxygens (including phenoxy) is 2. The van der Waals surface area contributed by atoms with E-state index in [4.69, 9.17) is 9.47 Å². The molecule has 134 valence electrons. The number of fused-ring (bicyclic) bond motifs is 2. The van der Waals surface area contributed by atoms with Gasteiger partial charge in [0.25, 0.3) is 5.56 Å². The second-order valence-electron chi connectivity index (χ2n) is 6.17. The van der Waals surface area contributed by atoms with E-state index in [1.807, 2.05) is 25.1 Å². The average molecular weight is 353 g/mol. The van der Waals surface area contributed by atoms with Crippen LogP contribution < -0.4 is 15.0 Å². The molecule has 1 aliphatic rings. The number of nitrogens with zero attached hydrogens (tertiary/aromatic N) is 2. The standard InChI is InChI=1S/C19H19N3O4/c1-2-22(9-12-7-16-17(8-15(12)23)26-11-25-16)10-18-20-14-6-4-3-5-13(14)19(24)21-18/h3-8,23H,2,9-11H2,1H3,(H,20,21,24). The molecule has 0 bridgehead atoms. The molecule has 0 unspecified atom stereocenters. The minimum Gasteiger partial charge on any atom is -0.507 e. The van der Waals surface area contributed by atoms with E-state index in [-0.39, 0.29) is 18.1 Å². The zero-order valence-electron chi connectivity index (χ0n) is 14.4. The van der Waals surface area contributed by atoms with Crippen LogP contribution in [0.2, 0.25) is 0 Å². The number of phenolic OH excluding ortho intramolecular Hbond substituents is 1. The first-order chi connectivity index (χ1) is 12.6. The molecule has 2 aromatic carbocycles. The van der Waals surface area contributed by atoms with Crippen LogP contribution in [0, 0.1) is 0 Å². The van der Waals surface area contributed by atoms with Gasteiger partial charge in [-0.2, -0.15) is 0 Å². The van der Waals surface area contributed by atoms with Crippen LogP contribution in [0.25, 0.3) is 10.9 Å². The minimum atomic E-state index is -0.146. The van der Waals surface area contributed by atoms with Crippen LogP contribution >= 0.6 is 0 Å². The molecule has 0 amide bonds. The van der Waals surface area contributed by atoms with Crippen molar-refractivity contribution >= 4 is 10.9 Å². The van der Waals surface area contributed by atoms with E-state index >= 15 is 0 Å². The first-order valence-electron chi connectivity index (χ1n) is 8.46. The molecule has 7 nitrogen and oxygen atoms in total. The first kappa shape index (κ1) is 16.4. The maximum Gasteiger partial charge on any atom is 0.258 e. The molecular weight excluding hydrogens is 334 g/mol. The van der Waals surface area contributed by atoms with Crippen molar-refractivity contribution < 1.29 is 14.6 Å². The highest BCUT2D eigenvalue weighted by molar-refractivity contribution is 5.77. The topological polar surface area (TPSA) is 87.7 Å². The number of H-pyrrole nitrogens is 1. The number of aromatic amines is 1. The van der Waals surface area contributed by atoms with Crippen LogP contribution in [-0.4, -0.2) is 33.3 Å². The number of phenols is 1. The van der Waals surface area contributed by atoms with Gasteiger partial charge in [0.1, 0.15) is 11.6 Å². The number of aromatic hydroxyl groups is 1. The SMILES string of the molecule is CCN(Cc1nc2ccccc2c(=O)[nH]1)Cc1cc2c(cc1O)OCO2. The third-order valence-corrected chi connectivity index (χ3v) is 4.45. The van der Waals surface area contributed by atoms with Gasteiger partial charge in [-0.25, -0.2) is 4.98 Å². The summed E-state index contributed by atoms with van der Waals surface area (Å²) in [4.78, 5) is 21.7. The Labute approximate surface area is 149 Å². The fourth-order valence-electron chi connectivity index (χ4n) is 3.04. The average Bonchev–Trinajstić information content (AvgIpc) is 3.08. The summed E-state index contributed by atoms with van der Waals surface area (Å²) in [6.07, 6.45) is 0. The Hall–Kier alpha value is -3.06.